The summed E-state index contributed by atoms with van der Waals surface area (Å²) in [6.07, 6.45) is 0. The van der Waals surface area contributed by atoms with E-state index in [0.717, 1.165) is 32.7 Å². The Morgan fingerprint density at radius 2 is 1.72 bits per heavy atom. The fraction of sp³-hybridized carbons (Fsp3) is 0.136. The van der Waals surface area contributed by atoms with Gasteiger partial charge in [0.05, 0.1) is 17.2 Å². The number of benzene rings is 3. The third kappa shape index (κ3) is 4.11. The molecule has 0 radical (unpaired) electrons. The van der Waals surface area contributed by atoms with Crippen LogP contribution in [0.2, 0.25) is 0 Å². The van der Waals surface area contributed by atoms with Crippen LogP contribution in [0.15, 0.2) is 71.6 Å². The van der Waals surface area contributed by atoms with Crippen LogP contribution in [-0.2, 0) is 10.0 Å². The summed E-state index contributed by atoms with van der Waals surface area (Å²) in [5, 5.41) is 2.22. The molecule has 7 heteroatoms. The standard InChI is InChI=1S/C22H20N2O3S2/c1-3-27-19-11-8-17(9-12-19)21-15(2)28-22(23-21)24-29(25,26)20-13-10-16-6-4-5-7-18(16)14-20/h4-14H,3H2,1-2H3,(H,23,24). The monoisotopic (exact) mass is 424 g/mol. The highest BCUT2D eigenvalue weighted by Crippen LogP contribution is 2.32. The number of anilines is 1. The molecule has 0 saturated heterocycles. The van der Waals surface area contributed by atoms with E-state index in [2.05, 4.69) is 9.71 Å². The maximum atomic E-state index is 12.9. The van der Waals surface area contributed by atoms with Crippen LogP contribution < -0.4 is 9.46 Å². The lowest BCUT2D eigenvalue weighted by atomic mass is 10.1. The van der Waals surface area contributed by atoms with E-state index in [-0.39, 0.29) is 4.90 Å². The predicted octanol–water partition coefficient (Wildman–Crippen LogP) is 5.47. The van der Waals surface area contributed by atoms with E-state index < -0.39 is 10.0 Å². The number of ether oxygens (including phenoxy) is 1. The summed E-state index contributed by atoms with van der Waals surface area (Å²) in [6, 6.07) is 20.4. The van der Waals surface area contributed by atoms with Gasteiger partial charge in [0.1, 0.15) is 5.75 Å². The van der Waals surface area contributed by atoms with Crippen LogP contribution in [0.3, 0.4) is 0 Å². The number of hydrogen-bond donors (Lipinski definition) is 1. The predicted molar refractivity (Wildman–Crippen MR) is 118 cm³/mol. The molecule has 0 saturated carbocycles. The van der Waals surface area contributed by atoms with Crippen LogP contribution >= 0.6 is 11.3 Å². The van der Waals surface area contributed by atoms with Gasteiger partial charge in [-0.3, -0.25) is 4.72 Å². The Labute approximate surface area is 174 Å². The SMILES string of the molecule is CCOc1ccc(-c2nc(NS(=O)(=O)c3ccc4ccccc4c3)sc2C)cc1. The molecule has 1 aromatic heterocycles. The summed E-state index contributed by atoms with van der Waals surface area (Å²) in [6.45, 7) is 4.47. The molecule has 29 heavy (non-hydrogen) atoms. The number of nitrogens with zero attached hydrogens (tertiary/aromatic N) is 1. The van der Waals surface area contributed by atoms with Crippen LogP contribution in [0.1, 0.15) is 11.8 Å². The zero-order chi connectivity index (χ0) is 20.4. The molecule has 0 aliphatic heterocycles. The molecular weight excluding hydrogens is 404 g/mol. The quantitative estimate of drug-likeness (QED) is 0.446. The highest BCUT2D eigenvalue weighted by molar-refractivity contribution is 7.93. The van der Waals surface area contributed by atoms with Gasteiger partial charge in [0, 0.05) is 10.4 Å². The normalized spacial score (nSPS) is 11.5. The summed E-state index contributed by atoms with van der Waals surface area (Å²) >= 11 is 1.32. The lowest BCUT2D eigenvalue weighted by molar-refractivity contribution is 0.340. The van der Waals surface area contributed by atoms with Crippen LogP contribution in [0.4, 0.5) is 5.13 Å². The molecule has 0 aliphatic carbocycles. The lowest BCUT2D eigenvalue weighted by Gasteiger charge is -2.06. The molecule has 0 unspecified atom stereocenters. The third-order valence-corrected chi connectivity index (χ3v) is 6.84. The van der Waals surface area contributed by atoms with Gasteiger partial charge in [0.2, 0.25) is 0 Å². The number of nitrogens with one attached hydrogen (secondary N) is 1. The maximum absolute atomic E-state index is 12.9. The van der Waals surface area contributed by atoms with Crippen molar-refractivity contribution in [3.05, 3.63) is 71.6 Å². The van der Waals surface area contributed by atoms with Crippen LogP contribution in [0.25, 0.3) is 22.0 Å². The van der Waals surface area contributed by atoms with Crippen LogP contribution in [0.5, 0.6) is 5.75 Å². The van der Waals surface area contributed by atoms with Gasteiger partial charge < -0.3 is 4.74 Å². The molecule has 0 fully saturated rings. The molecule has 0 bridgehead atoms. The van der Waals surface area contributed by atoms with E-state index in [1.165, 1.54) is 11.3 Å². The minimum Gasteiger partial charge on any atom is -0.494 e. The molecule has 4 rings (SSSR count). The number of rotatable bonds is 6. The molecule has 148 valence electrons. The zero-order valence-electron chi connectivity index (χ0n) is 16.0. The number of aromatic nitrogens is 1. The molecule has 1 N–H and O–H groups in total. The number of fused-ring (bicyclic) bond motifs is 1. The Morgan fingerprint density at radius 3 is 2.45 bits per heavy atom. The lowest BCUT2D eigenvalue weighted by Crippen LogP contribution is -2.12. The fourth-order valence-corrected chi connectivity index (χ4v) is 5.20. The van der Waals surface area contributed by atoms with Crippen molar-refractivity contribution in [1.82, 2.24) is 4.98 Å². The highest BCUT2D eigenvalue weighted by atomic mass is 32.2. The van der Waals surface area contributed by atoms with Crippen molar-refractivity contribution < 1.29 is 13.2 Å². The Balaban J connectivity index is 1.61. The van der Waals surface area contributed by atoms with E-state index >= 15 is 0 Å². The van der Waals surface area contributed by atoms with E-state index in [1.54, 1.807) is 12.1 Å². The van der Waals surface area contributed by atoms with Crippen LogP contribution in [-0.4, -0.2) is 20.0 Å². The first-order valence-electron chi connectivity index (χ1n) is 9.18. The molecule has 1 heterocycles. The van der Waals surface area contributed by atoms with Gasteiger partial charge in [-0.2, -0.15) is 0 Å². The van der Waals surface area contributed by atoms with Crippen molar-refractivity contribution in [3.63, 3.8) is 0 Å². The second-order valence-electron chi connectivity index (χ2n) is 6.50. The highest BCUT2D eigenvalue weighted by Gasteiger charge is 2.18. The summed E-state index contributed by atoms with van der Waals surface area (Å²) in [7, 11) is -3.73. The molecule has 0 spiro atoms. The van der Waals surface area contributed by atoms with E-state index in [1.807, 2.05) is 68.4 Å². The van der Waals surface area contributed by atoms with Gasteiger partial charge in [-0.15, -0.1) is 11.3 Å². The first-order chi connectivity index (χ1) is 14.0. The number of aryl methyl sites for hydroxylation is 1. The third-order valence-electron chi connectivity index (χ3n) is 4.49. The van der Waals surface area contributed by atoms with E-state index in [0.29, 0.717) is 11.7 Å². The smallest absolute Gasteiger partial charge is 0.263 e. The summed E-state index contributed by atoms with van der Waals surface area (Å²) in [5.41, 5.74) is 1.67. The van der Waals surface area contributed by atoms with Crippen molar-refractivity contribution in [1.29, 1.82) is 0 Å². The van der Waals surface area contributed by atoms with Gasteiger partial charge in [-0.1, -0.05) is 30.3 Å². The molecule has 3 aromatic carbocycles. The second kappa shape index (κ2) is 7.85. The first-order valence-corrected chi connectivity index (χ1v) is 11.5. The minimum atomic E-state index is -3.73. The van der Waals surface area contributed by atoms with Crippen molar-refractivity contribution >= 4 is 37.3 Å². The van der Waals surface area contributed by atoms with Crippen molar-refractivity contribution in [2.45, 2.75) is 18.7 Å². The Hall–Kier alpha value is -2.90. The molecule has 5 nitrogen and oxygen atoms in total. The minimum absolute atomic E-state index is 0.215. The number of hydrogen-bond acceptors (Lipinski definition) is 5. The van der Waals surface area contributed by atoms with Gasteiger partial charge >= 0.3 is 0 Å². The Bertz CT molecular complexity index is 1260. The number of thiazole rings is 1. The molecule has 0 aliphatic rings. The van der Waals surface area contributed by atoms with E-state index in [4.69, 9.17) is 4.74 Å². The zero-order valence-corrected chi connectivity index (χ0v) is 17.7. The fourth-order valence-electron chi connectivity index (χ4n) is 3.09. The molecular formula is C22H20N2O3S2. The van der Waals surface area contributed by atoms with E-state index in [9.17, 15) is 8.42 Å². The summed E-state index contributed by atoms with van der Waals surface area (Å²) in [5.74, 6) is 0.793. The van der Waals surface area contributed by atoms with Crippen molar-refractivity contribution in [2.24, 2.45) is 0 Å². The van der Waals surface area contributed by atoms with Crippen LogP contribution in [0, 0.1) is 6.92 Å². The average molecular weight is 425 g/mol. The molecule has 0 amide bonds. The number of sulfonamides is 1. The largest absolute Gasteiger partial charge is 0.494 e. The Kier molecular flexibility index (Phi) is 5.25. The molecule has 0 atom stereocenters. The van der Waals surface area contributed by atoms with Gasteiger partial charge in [-0.05, 0) is 61.0 Å². The van der Waals surface area contributed by atoms with Gasteiger partial charge in [0.15, 0.2) is 5.13 Å². The van der Waals surface area contributed by atoms with Gasteiger partial charge in [0.25, 0.3) is 10.0 Å². The van der Waals surface area contributed by atoms with Gasteiger partial charge in [-0.25, -0.2) is 13.4 Å². The first kappa shape index (κ1) is 19.4. The second-order valence-corrected chi connectivity index (χ2v) is 9.38. The summed E-state index contributed by atoms with van der Waals surface area (Å²) in [4.78, 5) is 5.67. The average Bonchev–Trinajstić information content (AvgIpc) is 3.07. The summed E-state index contributed by atoms with van der Waals surface area (Å²) < 4.78 is 33.8. The Morgan fingerprint density at radius 1 is 1.00 bits per heavy atom. The maximum Gasteiger partial charge on any atom is 0.263 e. The van der Waals surface area contributed by atoms with Crippen molar-refractivity contribution in [2.75, 3.05) is 11.3 Å². The van der Waals surface area contributed by atoms with Crippen molar-refractivity contribution in [3.8, 4) is 17.0 Å². The molecule has 4 aromatic rings. The topological polar surface area (TPSA) is 68.3 Å².